The number of likely N-dealkylation sites (tertiary alicyclic amines) is 1. The molecule has 8 heteroatoms. The van der Waals surface area contributed by atoms with E-state index in [1.165, 1.54) is 24.3 Å². The third-order valence-electron chi connectivity index (χ3n) is 7.22. The molecular weight excluding hydrogens is 556 g/mol. The van der Waals surface area contributed by atoms with Crippen LogP contribution < -0.4 is 5.32 Å². The number of allylic oxidation sites excluding steroid dienone is 2. The fourth-order valence-electron chi connectivity index (χ4n) is 4.77. The van der Waals surface area contributed by atoms with Crippen molar-refractivity contribution in [2.24, 2.45) is 0 Å². The van der Waals surface area contributed by atoms with Crippen molar-refractivity contribution in [1.82, 2.24) is 10.2 Å². The molecule has 43 heavy (non-hydrogen) atoms. The molecule has 0 saturated carbocycles. The van der Waals surface area contributed by atoms with Crippen LogP contribution in [0.25, 0.3) is 0 Å². The van der Waals surface area contributed by atoms with Gasteiger partial charge in [-0.15, -0.1) is 0 Å². The molecule has 0 spiro atoms. The van der Waals surface area contributed by atoms with Gasteiger partial charge < -0.3 is 10.1 Å². The molecule has 0 radical (unpaired) electrons. The third kappa shape index (κ3) is 13.2. The normalized spacial score (nSPS) is 15.1. The molecule has 1 aliphatic heterocycles. The van der Waals surface area contributed by atoms with Crippen LogP contribution in [0.15, 0.2) is 84.7 Å². The van der Waals surface area contributed by atoms with Gasteiger partial charge in [0.2, 0.25) is 0 Å². The molecule has 0 bridgehead atoms. The number of carbonyl (C=O) groups is 1. The fraction of sp³-hybridized carbons (Fsp3) is 0.457. The van der Waals surface area contributed by atoms with E-state index >= 15 is 0 Å². The summed E-state index contributed by atoms with van der Waals surface area (Å²) in [7, 11) is 0. The maximum atomic E-state index is 13.1. The Morgan fingerprint density at radius 2 is 1.63 bits per heavy atom. The summed E-state index contributed by atoms with van der Waals surface area (Å²) in [5.41, 5.74) is 1.94. The average Bonchev–Trinajstić information content (AvgIpc) is 2.97. The first-order valence-corrected chi connectivity index (χ1v) is 15.1. The molecule has 4 nitrogen and oxygen atoms in total. The lowest BCUT2D eigenvalue weighted by molar-refractivity contribution is -0.137. The van der Waals surface area contributed by atoms with Gasteiger partial charge in [-0.05, 0) is 81.5 Å². The SMILES string of the molecule is C=C/C(=C\C(=C/C)C(=O)NC1CCN(Cc2ccc(F)cc2)CC1)OC(CCC)CCC.Cc1ccc(C(F)(F)F)cc1. The van der Waals surface area contributed by atoms with Gasteiger partial charge in [0.25, 0.3) is 5.91 Å². The number of benzene rings is 2. The van der Waals surface area contributed by atoms with Crippen LogP contribution in [-0.4, -0.2) is 36.0 Å². The van der Waals surface area contributed by atoms with Crippen LogP contribution in [0.2, 0.25) is 0 Å². The van der Waals surface area contributed by atoms with Crippen LogP contribution in [0, 0.1) is 12.7 Å². The summed E-state index contributed by atoms with van der Waals surface area (Å²) in [6.07, 6.45) is 7.14. The van der Waals surface area contributed by atoms with Crippen LogP contribution in [-0.2, 0) is 22.3 Å². The summed E-state index contributed by atoms with van der Waals surface area (Å²) in [5, 5.41) is 3.18. The molecule has 1 N–H and O–H groups in total. The van der Waals surface area contributed by atoms with Gasteiger partial charge >= 0.3 is 6.18 Å². The lowest BCUT2D eigenvalue weighted by Gasteiger charge is -2.32. The number of hydrogen-bond donors (Lipinski definition) is 1. The van der Waals surface area contributed by atoms with E-state index in [9.17, 15) is 22.4 Å². The maximum absolute atomic E-state index is 13.1. The Bertz CT molecular complexity index is 1170. The molecule has 0 unspecified atom stereocenters. The largest absolute Gasteiger partial charge is 0.490 e. The van der Waals surface area contributed by atoms with Gasteiger partial charge in [0.05, 0.1) is 11.7 Å². The summed E-state index contributed by atoms with van der Waals surface area (Å²) < 4.78 is 55.0. The Morgan fingerprint density at radius 3 is 2.12 bits per heavy atom. The molecule has 0 aliphatic carbocycles. The van der Waals surface area contributed by atoms with Crippen molar-refractivity contribution in [2.45, 2.75) is 91.1 Å². The molecule has 2 aromatic carbocycles. The van der Waals surface area contributed by atoms with E-state index in [1.807, 2.05) is 25.1 Å². The second-order valence-corrected chi connectivity index (χ2v) is 10.8. The number of hydrogen-bond acceptors (Lipinski definition) is 3. The summed E-state index contributed by atoms with van der Waals surface area (Å²) in [5.74, 6) is 0.365. The van der Waals surface area contributed by atoms with Gasteiger partial charge in [-0.2, -0.15) is 13.2 Å². The van der Waals surface area contributed by atoms with Crippen molar-refractivity contribution in [3.8, 4) is 0 Å². The van der Waals surface area contributed by atoms with Gasteiger partial charge in [-0.1, -0.05) is 69.2 Å². The van der Waals surface area contributed by atoms with E-state index in [0.29, 0.717) is 11.3 Å². The lowest BCUT2D eigenvalue weighted by atomic mass is 10.0. The van der Waals surface area contributed by atoms with Gasteiger partial charge in [-0.25, -0.2) is 4.39 Å². The van der Waals surface area contributed by atoms with Crippen LogP contribution in [0.4, 0.5) is 17.6 Å². The maximum Gasteiger partial charge on any atom is 0.416 e. The fourth-order valence-corrected chi connectivity index (χ4v) is 4.77. The first kappa shape index (κ1) is 35.8. The molecule has 1 fully saturated rings. The summed E-state index contributed by atoms with van der Waals surface area (Å²) >= 11 is 0. The number of aryl methyl sites for hydroxylation is 1. The minimum absolute atomic E-state index is 0.0741. The molecule has 236 valence electrons. The molecule has 0 atom stereocenters. The van der Waals surface area contributed by atoms with Crippen molar-refractivity contribution in [1.29, 1.82) is 0 Å². The minimum atomic E-state index is -4.21. The third-order valence-corrected chi connectivity index (χ3v) is 7.22. The smallest absolute Gasteiger partial charge is 0.416 e. The van der Waals surface area contributed by atoms with Gasteiger partial charge in [0, 0.05) is 31.2 Å². The summed E-state index contributed by atoms with van der Waals surface area (Å²) in [6.45, 7) is 14.4. The molecule has 1 heterocycles. The molecule has 1 saturated heterocycles. The predicted octanol–water partition coefficient (Wildman–Crippen LogP) is 8.92. The predicted molar refractivity (Wildman–Crippen MR) is 166 cm³/mol. The molecule has 0 aromatic heterocycles. The van der Waals surface area contributed by atoms with E-state index < -0.39 is 11.7 Å². The Kier molecular flexibility index (Phi) is 15.2. The number of nitrogens with one attached hydrogen (secondary N) is 1. The standard InChI is InChI=1S/C27H39FN2O2.C8H7F3/c1-5-9-26(10-6-2)32-25(8-4)19-22(7-3)27(31)29-24-15-17-30(18-16-24)20-21-11-13-23(28)14-12-21;1-6-2-4-7(5-3-6)8(9,10)11/h7-8,11-14,19,24,26H,4-6,9-10,15-18,20H2,1-3H3,(H,29,31);2-5H,1H3/b22-7+,25-19+;. The monoisotopic (exact) mass is 602 g/mol. The minimum Gasteiger partial charge on any atom is -0.490 e. The van der Waals surface area contributed by atoms with E-state index in [0.717, 1.165) is 81.4 Å². The zero-order valence-electron chi connectivity index (χ0n) is 25.9. The van der Waals surface area contributed by atoms with Crippen LogP contribution in [0.3, 0.4) is 0 Å². The molecule has 2 aromatic rings. The highest BCUT2D eigenvalue weighted by Gasteiger charge is 2.29. The zero-order chi connectivity index (χ0) is 31.8. The second kappa shape index (κ2) is 18.3. The number of alkyl halides is 3. The highest BCUT2D eigenvalue weighted by molar-refractivity contribution is 5.96. The van der Waals surface area contributed by atoms with Crippen molar-refractivity contribution in [2.75, 3.05) is 13.1 Å². The molecule has 1 amide bonds. The number of rotatable bonds is 12. The van der Waals surface area contributed by atoms with Gasteiger partial charge in [0.15, 0.2) is 0 Å². The lowest BCUT2D eigenvalue weighted by Crippen LogP contribution is -2.44. The highest BCUT2D eigenvalue weighted by atomic mass is 19.4. The van der Waals surface area contributed by atoms with Gasteiger partial charge in [0.1, 0.15) is 11.6 Å². The Balaban J connectivity index is 0.000000490. The Labute approximate surface area is 254 Å². The molecular formula is C35H46F4N2O2. The molecule has 1 aliphatic rings. The van der Waals surface area contributed by atoms with E-state index in [-0.39, 0.29) is 23.9 Å². The Hall–Kier alpha value is -3.39. The molecule has 3 rings (SSSR count). The first-order chi connectivity index (χ1) is 20.5. The van der Waals surface area contributed by atoms with Crippen LogP contribution in [0.5, 0.6) is 0 Å². The highest BCUT2D eigenvalue weighted by Crippen LogP contribution is 2.28. The van der Waals surface area contributed by atoms with Crippen LogP contribution >= 0.6 is 0 Å². The zero-order valence-corrected chi connectivity index (χ0v) is 25.9. The number of amides is 1. The van der Waals surface area contributed by atoms with E-state index in [4.69, 9.17) is 4.74 Å². The first-order valence-electron chi connectivity index (χ1n) is 15.1. The summed E-state index contributed by atoms with van der Waals surface area (Å²) in [4.78, 5) is 15.2. The van der Waals surface area contributed by atoms with Crippen molar-refractivity contribution in [3.05, 3.63) is 107 Å². The number of nitrogens with zero attached hydrogens (tertiary/aromatic N) is 1. The quantitative estimate of drug-likeness (QED) is 0.114. The average molecular weight is 603 g/mol. The Morgan fingerprint density at radius 1 is 1.05 bits per heavy atom. The summed E-state index contributed by atoms with van der Waals surface area (Å²) in [6, 6.07) is 11.9. The second-order valence-electron chi connectivity index (χ2n) is 10.8. The van der Waals surface area contributed by atoms with Gasteiger partial charge in [-0.3, -0.25) is 9.69 Å². The van der Waals surface area contributed by atoms with E-state index in [1.54, 1.807) is 19.1 Å². The number of halogens is 4. The van der Waals surface area contributed by atoms with Crippen molar-refractivity contribution in [3.63, 3.8) is 0 Å². The van der Waals surface area contributed by atoms with E-state index in [2.05, 4.69) is 30.6 Å². The number of piperidine rings is 1. The van der Waals surface area contributed by atoms with Crippen molar-refractivity contribution >= 4 is 5.91 Å². The van der Waals surface area contributed by atoms with Crippen LogP contribution in [0.1, 0.15) is 76.0 Å². The van der Waals surface area contributed by atoms with Crippen molar-refractivity contribution < 1.29 is 27.1 Å². The number of carbonyl (C=O) groups excluding carboxylic acids is 1. The number of ether oxygens (including phenoxy) is 1. The topological polar surface area (TPSA) is 41.6 Å².